The minimum absolute atomic E-state index is 0.0844. The number of halogens is 3. The Morgan fingerprint density at radius 2 is 2.00 bits per heavy atom. The van der Waals surface area contributed by atoms with Gasteiger partial charge in [0.15, 0.2) is 0 Å². The number of aromatic nitrogens is 2. The molecule has 0 radical (unpaired) electrons. The van der Waals surface area contributed by atoms with Crippen LogP contribution >= 0.6 is 11.8 Å². The topological polar surface area (TPSA) is 55.0 Å². The first-order chi connectivity index (χ1) is 9.94. The van der Waals surface area contributed by atoms with E-state index in [1.807, 2.05) is 0 Å². The predicted octanol–water partition coefficient (Wildman–Crippen LogP) is 3.08. The standard InChI is InChI=1S/C13H9F3N2O2S/c14-13(15,16)20-10-4-2-1-3-7(10)11-17-9-6-21-5-8(9)12(19)18-11/h1-4H,5-6H2,(H,17,18,19). The molecule has 0 atom stereocenters. The minimum atomic E-state index is -4.80. The molecular weight excluding hydrogens is 305 g/mol. The zero-order valence-corrected chi connectivity index (χ0v) is 11.3. The van der Waals surface area contributed by atoms with Crippen molar-refractivity contribution in [2.75, 3.05) is 0 Å². The first-order valence-electron chi connectivity index (χ1n) is 5.99. The van der Waals surface area contributed by atoms with Gasteiger partial charge in [-0.1, -0.05) is 12.1 Å². The van der Waals surface area contributed by atoms with E-state index in [0.717, 1.165) is 0 Å². The summed E-state index contributed by atoms with van der Waals surface area (Å²) in [6, 6.07) is 5.59. The molecule has 0 amide bonds. The maximum absolute atomic E-state index is 12.4. The molecule has 8 heteroatoms. The van der Waals surface area contributed by atoms with Crippen LogP contribution in [0, 0.1) is 0 Å². The van der Waals surface area contributed by atoms with Crippen molar-refractivity contribution >= 4 is 11.8 Å². The van der Waals surface area contributed by atoms with Gasteiger partial charge in [0.1, 0.15) is 11.6 Å². The van der Waals surface area contributed by atoms with Gasteiger partial charge in [-0.25, -0.2) is 4.98 Å². The number of benzene rings is 1. The number of thioether (sulfide) groups is 1. The number of hydrogen-bond donors (Lipinski definition) is 1. The van der Waals surface area contributed by atoms with Gasteiger partial charge in [0.25, 0.3) is 5.56 Å². The van der Waals surface area contributed by atoms with Crippen LogP contribution in [-0.2, 0) is 11.5 Å². The van der Waals surface area contributed by atoms with Gasteiger partial charge in [-0.3, -0.25) is 4.79 Å². The van der Waals surface area contributed by atoms with Crippen LogP contribution in [0.2, 0.25) is 0 Å². The lowest BCUT2D eigenvalue weighted by molar-refractivity contribution is -0.274. The van der Waals surface area contributed by atoms with E-state index < -0.39 is 12.1 Å². The number of para-hydroxylation sites is 1. The number of nitrogens with zero attached hydrogens (tertiary/aromatic N) is 1. The van der Waals surface area contributed by atoms with Crippen LogP contribution < -0.4 is 10.3 Å². The summed E-state index contributed by atoms with van der Waals surface area (Å²) in [4.78, 5) is 18.7. The van der Waals surface area contributed by atoms with Gasteiger partial charge in [-0.2, -0.15) is 11.8 Å². The normalized spacial score (nSPS) is 14.0. The van der Waals surface area contributed by atoms with E-state index in [2.05, 4.69) is 14.7 Å². The van der Waals surface area contributed by atoms with Crippen molar-refractivity contribution in [1.29, 1.82) is 0 Å². The second kappa shape index (κ2) is 5.10. The Bertz CT molecular complexity index is 743. The highest BCUT2D eigenvalue weighted by Crippen LogP contribution is 2.33. The highest BCUT2D eigenvalue weighted by Gasteiger charge is 2.32. The third kappa shape index (κ3) is 2.90. The van der Waals surface area contributed by atoms with Gasteiger partial charge < -0.3 is 9.72 Å². The number of nitrogens with one attached hydrogen (secondary N) is 1. The summed E-state index contributed by atoms with van der Waals surface area (Å²) < 4.78 is 41.2. The molecule has 1 aromatic carbocycles. The lowest BCUT2D eigenvalue weighted by Gasteiger charge is -2.13. The quantitative estimate of drug-likeness (QED) is 0.925. The third-order valence-corrected chi connectivity index (χ3v) is 3.92. The maximum atomic E-state index is 12.4. The lowest BCUT2D eigenvalue weighted by Crippen LogP contribution is -2.19. The molecule has 110 valence electrons. The molecule has 0 spiro atoms. The summed E-state index contributed by atoms with van der Waals surface area (Å²) >= 11 is 1.54. The zero-order valence-electron chi connectivity index (χ0n) is 10.5. The SMILES string of the molecule is O=c1[nH]c(-c2ccccc2OC(F)(F)F)nc2c1CSC2. The number of rotatable bonds is 2. The van der Waals surface area contributed by atoms with Crippen molar-refractivity contribution in [2.45, 2.75) is 17.9 Å². The summed E-state index contributed by atoms with van der Waals surface area (Å²) in [5.41, 5.74) is 0.979. The van der Waals surface area contributed by atoms with E-state index >= 15 is 0 Å². The second-order valence-electron chi connectivity index (χ2n) is 4.38. The van der Waals surface area contributed by atoms with Crippen molar-refractivity contribution < 1.29 is 17.9 Å². The monoisotopic (exact) mass is 314 g/mol. The third-order valence-electron chi connectivity index (χ3n) is 2.95. The van der Waals surface area contributed by atoms with Gasteiger partial charge in [0.05, 0.1) is 11.3 Å². The van der Waals surface area contributed by atoms with Crippen molar-refractivity contribution in [1.82, 2.24) is 9.97 Å². The molecule has 1 aromatic heterocycles. The highest BCUT2D eigenvalue weighted by atomic mass is 32.2. The van der Waals surface area contributed by atoms with Crippen LogP contribution in [0.1, 0.15) is 11.3 Å². The fraction of sp³-hybridized carbons (Fsp3) is 0.231. The number of alkyl halides is 3. The van der Waals surface area contributed by atoms with Crippen molar-refractivity contribution in [3.63, 3.8) is 0 Å². The van der Waals surface area contributed by atoms with Gasteiger partial charge in [-0.15, -0.1) is 13.2 Å². The van der Waals surface area contributed by atoms with Crippen LogP contribution in [0.25, 0.3) is 11.4 Å². The Morgan fingerprint density at radius 1 is 1.24 bits per heavy atom. The average molecular weight is 314 g/mol. The maximum Gasteiger partial charge on any atom is 0.573 e. The minimum Gasteiger partial charge on any atom is -0.405 e. The number of hydrogen-bond acceptors (Lipinski definition) is 4. The summed E-state index contributed by atoms with van der Waals surface area (Å²) in [5, 5.41) is 0. The molecule has 2 aromatic rings. The van der Waals surface area contributed by atoms with E-state index in [4.69, 9.17) is 0 Å². The highest BCUT2D eigenvalue weighted by molar-refractivity contribution is 7.98. The van der Waals surface area contributed by atoms with Gasteiger partial charge in [0, 0.05) is 17.1 Å². The molecule has 0 fully saturated rings. The van der Waals surface area contributed by atoms with Crippen LogP contribution in [0.5, 0.6) is 5.75 Å². The largest absolute Gasteiger partial charge is 0.573 e. The summed E-state index contributed by atoms with van der Waals surface area (Å²) in [6.07, 6.45) is -4.80. The van der Waals surface area contributed by atoms with Crippen LogP contribution in [0.3, 0.4) is 0 Å². The molecule has 0 saturated carbocycles. The van der Waals surface area contributed by atoms with E-state index in [-0.39, 0.29) is 16.9 Å². The Labute approximate surface area is 121 Å². The number of fused-ring (bicyclic) bond motifs is 1. The van der Waals surface area contributed by atoms with Gasteiger partial charge in [0.2, 0.25) is 0 Å². The predicted molar refractivity (Wildman–Crippen MR) is 72.0 cm³/mol. The molecule has 0 unspecified atom stereocenters. The van der Waals surface area contributed by atoms with E-state index in [1.54, 1.807) is 17.8 Å². The smallest absolute Gasteiger partial charge is 0.405 e. The molecule has 0 saturated heterocycles. The molecule has 4 nitrogen and oxygen atoms in total. The molecule has 1 N–H and O–H groups in total. The molecule has 3 rings (SSSR count). The Balaban J connectivity index is 2.09. The fourth-order valence-electron chi connectivity index (χ4n) is 2.07. The van der Waals surface area contributed by atoms with Crippen molar-refractivity contribution in [2.24, 2.45) is 0 Å². The number of aromatic amines is 1. The first-order valence-corrected chi connectivity index (χ1v) is 7.14. The van der Waals surface area contributed by atoms with Crippen LogP contribution in [-0.4, -0.2) is 16.3 Å². The summed E-state index contributed by atoms with van der Waals surface area (Å²) in [7, 11) is 0. The lowest BCUT2D eigenvalue weighted by atomic mass is 10.1. The first kappa shape index (κ1) is 14.0. The van der Waals surface area contributed by atoms with E-state index in [0.29, 0.717) is 22.8 Å². The summed E-state index contributed by atoms with van der Waals surface area (Å²) in [6.45, 7) is 0. The Morgan fingerprint density at radius 3 is 2.76 bits per heavy atom. The second-order valence-corrected chi connectivity index (χ2v) is 5.36. The zero-order chi connectivity index (χ0) is 15.0. The summed E-state index contributed by atoms with van der Waals surface area (Å²) in [5.74, 6) is 0.840. The van der Waals surface area contributed by atoms with E-state index in [9.17, 15) is 18.0 Å². The van der Waals surface area contributed by atoms with Gasteiger partial charge in [-0.05, 0) is 12.1 Å². The molecule has 0 aliphatic carbocycles. The molecule has 1 aliphatic rings. The molecule has 2 heterocycles. The number of ether oxygens (including phenoxy) is 1. The Hall–Kier alpha value is -1.96. The fourth-order valence-corrected chi connectivity index (χ4v) is 3.10. The molecule has 0 bridgehead atoms. The Kier molecular flexibility index (Phi) is 3.40. The van der Waals surface area contributed by atoms with Crippen molar-refractivity contribution in [3.05, 3.63) is 45.9 Å². The molecule has 21 heavy (non-hydrogen) atoms. The molecule has 1 aliphatic heterocycles. The number of H-pyrrole nitrogens is 1. The van der Waals surface area contributed by atoms with Crippen LogP contribution in [0.4, 0.5) is 13.2 Å². The average Bonchev–Trinajstić information content (AvgIpc) is 2.86. The van der Waals surface area contributed by atoms with Crippen LogP contribution in [0.15, 0.2) is 29.1 Å². The molecular formula is C13H9F3N2O2S. The van der Waals surface area contributed by atoms with E-state index in [1.165, 1.54) is 18.2 Å². The van der Waals surface area contributed by atoms with Gasteiger partial charge >= 0.3 is 6.36 Å². The van der Waals surface area contributed by atoms with Crippen molar-refractivity contribution in [3.8, 4) is 17.1 Å².